The Morgan fingerprint density at radius 1 is 0.694 bits per heavy atom. The molecule has 0 amide bonds. The van der Waals surface area contributed by atoms with E-state index in [0.29, 0.717) is 6.54 Å². The molecule has 0 atom stereocenters. The van der Waals surface area contributed by atoms with E-state index in [9.17, 15) is 10.1 Å². The average molecular weight is 477 g/mol. The van der Waals surface area contributed by atoms with Crippen molar-refractivity contribution >= 4 is 33.2 Å². The number of nitro groups is 1. The molecule has 178 valence electrons. The summed E-state index contributed by atoms with van der Waals surface area (Å²) in [4.78, 5) is 10.3. The van der Waals surface area contributed by atoms with Gasteiger partial charge in [0.1, 0.15) is 0 Å². The number of rotatable bonds is 5. The zero-order valence-electron chi connectivity index (χ0n) is 19.4. The van der Waals surface area contributed by atoms with Gasteiger partial charge in [-0.05, 0) is 35.4 Å². The van der Waals surface area contributed by atoms with E-state index in [4.69, 9.17) is 5.73 Å². The summed E-state index contributed by atoms with van der Waals surface area (Å²) in [6, 6.07) is 30.9. The van der Waals surface area contributed by atoms with Crippen LogP contribution in [0.1, 0.15) is 11.1 Å². The summed E-state index contributed by atoms with van der Waals surface area (Å²) in [6.07, 6.45) is 3.51. The van der Waals surface area contributed by atoms with Gasteiger partial charge in [-0.15, -0.1) is 0 Å². The third kappa shape index (κ3) is 5.07. The van der Waals surface area contributed by atoms with Crippen LogP contribution >= 0.6 is 0 Å². The van der Waals surface area contributed by atoms with Gasteiger partial charge in [0.05, 0.1) is 41.4 Å². The number of fused-ring (bicyclic) bond motifs is 2. The number of non-ortho nitro benzene ring substituents is 1. The monoisotopic (exact) mass is 476 g/mol. The van der Waals surface area contributed by atoms with Crippen molar-refractivity contribution in [1.29, 1.82) is 0 Å². The predicted octanol–water partition coefficient (Wildman–Crippen LogP) is 5.66. The molecule has 36 heavy (non-hydrogen) atoms. The summed E-state index contributed by atoms with van der Waals surface area (Å²) in [5.74, 6) is 0. The van der Waals surface area contributed by atoms with E-state index in [-0.39, 0.29) is 5.69 Å². The quantitative estimate of drug-likeness (QED) is 0.196. The standard InChI is InChI=1S/C14H11N3O2.C14H13N3/c18-17(19)13-6-7-14-12(8-13)9-15-16(14)10-11-4-2-1-3-5-11;15-13-6-7-14-12(8-13)9-16-17(14)10-11-4-2-1-3-5-11/h1-9H,10H2;1-9H,10,15H2. The summed E-state index contributed by atoms with van der Waals surface area (Å²) in [5, 5.41) is 21.3. The van der Waals surface area contributed by atoms with Gasteiger partial charge >= 0.3 is 0 Å². The van der Waals surface area contributed by atoms with E-state index in [2.05, 4.69) is 22.3 Å². The Balaban J connectivity index is 0.000000149. The van der Waals surface area contributed by atoms with Gasteiger partial charge in [-0.2, -0.15) is 10.2 Å². The number of nitrogens with zero attached hydrogens (tertiary/aromatic N) is 5. The van der Waals surface area contributed by atoms with Crippen LogP contribution in [-0.2, 0) is 13.1 Å². The van der Waals surface area contributed by atoms with Crippen molar-refractivity contribution in [1.82, 2.24) is 19.6 Å². The van der Waals surface area contributed by atoms with Crippen LogP contribution in [0.25, 0.3) is 21.8 Å². The molecule has 8 heteroatoms. The van der Waals surface area contributed by atoms with E-state index >= 15 is 0 Å². The summed E-state index contributed by atoms with van der Waals surface area (Å²) >= 11 is 0. The largest absolute Gasteiger partial charge is 0.399 e. The Morgan fingerprint density at radius 3 is 1.72 bits per heavy atom. The SMILES string of the molecule is Nc1ccc2c(cnn2Cc2ccccc2)c1.O=[N+]([O-])c1ccc2c(cnn2Cc2ccccc2)c1. The van der Waals surface area contributed by atoms with Crippen LogP contribution in [0.4, 0.5) is 11.4 Å². The van der Waals surface area contributed by atoms with E-state index in [1.807, 2.05) is 82.3 Å². The lowest BCUT2D eigenvalue weighted by molar-refractivity contribution is -0.384. The molecule has 2 N–H and O–H groups in total. The first kappa shape index (κ1) is 22.8. The van der Waals surface area contributed by atoms with Crippen LogP contribution in [0.2, 0.25) is 0 Å². The molecule has 0 spiro atoms. The molecular weight excluding hydrogens is 452 g/mol. The second-order valence-electron chi connectivity index (χ2n) is 8.39. The maximum Gasteiger partial charge on any atom is 0.270 e. The Hall–Kier alpha value is -4.98. The predicted molar refractivity (Wildman–Crippen MR) is 142 cm³/mol. The highest BCUT2D eigenvalue weighted by Gasteiger charge is 2.09. The number of nitro benzene ring substituents is 1. The molecule has 0 bridgehead atoms. The number of hydrogen-bond donors (Lipinski definition) is 1. The van der Waals surface area contributed by atoms with E-state index in [0.717, 1.165) is 39.6 Å². The summed E-state index contributed by atoms with van der Waals surface area (Å²) < 4.78 is 3.83. The molecule has 0 fully saturated rings. The molecule has 0 aliphatic heterocycles. The van der Waals surface area contributed by atoms with Crippen molar-refractivity contribution in [3.05, 3.63) is 131 Å². The number of nitrogens with two attached hydrogens (primary N) is 1. The van der Waals surface area contributed by atoms with E-state index in [1.165, 1.54) is 11.6 Å². The van der Waals surface area contributed by atoms with Crippen molar-refractivity contribution in [3.8, 4) is 0 Å². The first-order valence-corrected chi connectivity index (χ1v) is 11.5. The van der Waals surface area contributed by atoms with Crippen molar-refractivity contribution in [2.45, 2.75) is 13.1 Å². The van der Waals surface area contributed by atoms with Gasteiger partial charge in [-0.1, -0.05) is 60.7 Å². The van der Waals surface area contributed by atoms with Gasteiger partial charge < -0.3 is 5.73 Å². The normalized spacial score (nSPS) is 10.8. The van der Waals surface area contributed by atoms with Crippen LogP contribution in [0, 0.1) is 10.1 Å². The van der Waals surface area contributed by atoms with Crippen LogP contribution in [0.3, 0.4) is 0 Å². The molecule has 0 unspecified atom stereocenters. The molecule has 4 aromatic carbocycles. The van der Waals surface area contributed by atoms with Crippen molar-refractivity contribution in [2.75, 3.05) is 5.73 Å². The van der Waals surface area contributed by atoms with Crippen LogP contribution < -0.4 is 5.73 Å². The van der Waals surface area contributed by atoms with Crippen LogP contribution in [-0.4, -0.2) is 24.5 Å². The Morgan fingerprint density at radius 2 is 1.19 bits per heavy atom. The summed E-state index contributed by atoms with van der Waals surface area (Å²) in [5.41, 5.74) is 11.0. The molecule has 6 aromatic rings. The van der Waals surface area contributed by atoms with Gasteiger partial charge in [-0.3, -0.25) is 19.5 Å². The van der Waals surface area contributed by atoms with Gasteiger partial charge in [-0.25, -0.2) is 0 Å². The lowest BCUT2D eigenvalue weighted by atomic mass is 10.2. The number of hydrogen-bond acceptors (Lipinski definition) is 5. The lowest BCUT2D eigenvalue weighted by Gasteiger charge is -2.03. The third-order valence-corrected chi connectivity index (χ3v) is 5.85. The molecule has 0 saturated carbocycles. The zero-order chi connectivity index (χ0) is 24.9. The topological polar surface area (TPSA) is 105 Å². The number of anilines is 1. The minimum Gasteiger partial charge on any atom is -0.399 e. The maximum atomic E-state index is 10.7. The van der Waals surface area contributed by atoms with E-state index < -0.39 is 4.92 Å². The van der Waals surface area contributed by atoms with E-state index in [1.54, 1.807) is 18.3 Å². The highest BCUT2D eigenvalue weighted by atomic mass is 16.6. The summed E-state index contributed by atoms with van der Waals surface area (Å²) in [6.45, 7) is 1.44. The number of benzene rings is 4. The maximum absolute atomic E-state index is 10.7. The molecule has 0 aliphatic carbocycles. The smallest absolute Gasteiger partial charge is 0.270 e. The van der Waals surface area contributed by atoms with Crippen LogP contribution in [0.15, 0.2) is 109 Å². The van der Waals surface area contributed by atoms with Gasteiger partial charge in [0.25, 0.3) is 5.69 Å². The average Bonchev–Trinajstić information content (AvgIpc) is 3.49. The fraction of sp³-hybridized carbons (Fsp3) is 0.0714. The third-order valence-electron chi connectivity index (χ3n) is 5.85. The van der Waals surface area contributed by atoms with Gasteiger partial charge in [0, 0.05) is 28.6 Å². The Kier molecular flexibility index (Phi) is 6.40. The van der Waals surface area contributed by atoms with Crippen LogP contribution in [0.5, 0.6) is 0 Å². The first-order chi connectivity index (χ1) is 17.6. The summed E-state index contributed by atoms with van der Waals surface area (Å²) in [7, 11) is 0. The second kappa shape index (κ2) is 10.1. The first-order valence-electron chi connectivity index (χ1n) is 11.5. The zero-order valence-corrected chi connectivity index (χ0v) is 19.4. The van der Waals surface area contributed by atoms with Crippen molar-refractivity contribution in [2.24, 2.45) is 0 Å². The minimum atomic E-state index is -0.395. The lowest BCUT2D eigenvalue weighted by Crippen LogP contribution is -2.00. The molecule has 0 radical (unpaired) electrons. The minimum absolute atomic E-state index is 0.0896. The molecular formula is C28H24N6O2. The molecule has 0 saturated heterocycles. The highest BCUT2D eigenvalue weighted by molar-refractivity contribution is 5.82. The van der Waals surface area contributed by atoms with Gasteiger partial charge in [0.2, 0.25) is 0 Å². The van der Waals surface area contributed by atoms with Gasteiger partial charge in [0.15, 0.2) is 0 Å². The fourth-order valence-electron chi connectivity index (χ4n) is 4.06. The highest BCUT2D eigenvalue weighted by Crippen LogP contribution is 2.21. The molecule has 6 rings (SSSR count). The molecule has 0 aliphatic rings. The Bertz CT molecular complexity index is 1620. The van der Waals surface area contributed by atoms with Crippen molar-refractivity contribution < 1.29 is 4.92 Å². The number of aromatic nitrogens is 4. The van der Waals surface area contributed by atoms with Crippen molar-refractivity contribution in [3.63, 3.8) is 0 Å². The molecule has 2 heterocycles. The Labute approximate surface area is 207 Å². The fourth-order valence-corrected chi connectivity index (χ4v) is 4.06. The molecule has 8 nitrogen and oxygen atoms in total. The molecule has 2 aromatic heterocycles. The second-order valence-corrected chi connectivity index (χ2v) is 8.39. The number of nitrogen functional groups attached to an aromatic ring is 1.